The van der Waals surface area contributed by atoms with Crippen LogP contribution in [0.4, 0.5) is 13.2 Å². The Hall–Kier alpha value is -1.17. The molecule has 1 aliphatic carbocycles. The third-order valence-electron chi connectivity index (χ3n) is 3.49. The Labute approximate surface area is 119 Å². The van der Waals surface area contributed by atoms with Crippen molar-refractivity contribution in [2.45, 2.75) is 36.8 Å². The van der Waals surface area contributed by atoms with E-state index in [0.29, 0.717) is 10.8 Å². The molecular weight excluding hydrogens is 289 g/mol. The third-order valence-corrected chi connectivity index (χ3v) is 4.79. The topological polar surface area (TPSA) is 37.3 Å². The molecule has 1 saturated carbocycles. The summed E-state index contributed by atoms with van der Waals surface area (Å²) in [4.78, 5) is 11.5. The van der Waals surface area contributed by atoms with Crippen LogP contribution in [0.25, 0.3) is 0 Å². The van der Waals surface area contributed by atoms with E-state index in [1.165, 1.54) is 30.7 Å². The molecule has 1 fully saturated rings. The maximum absolute atomic E-state index is 12.6. The Morgan fingerprint density at radius 2 is 1.95 bits per heavy atom. The molecule has 0 aliphatic heterocycles. The van der Waals surface area contributed by atoms with Gasteiger partial charge in [0.2, 0.25) is 0 Å². The van der Waals surface area contributed by atoms with E-state index >= 15 is 0 Å². The molecule has 1 aromatic carbocycles. The molecule has 0 saturated heterocycles. The summed E-state index contributed by atoms with van der Waals surface area (Å²) in [6, 6.07) is 2.94. The molecule has 6 heteroatoms. The van der Waals surface area contributed by atoms with E-state index in [0.717, 1.165) is 30.7 Å². The Balaban J connectivity index is 2.17. The average molecular weight is 304 g/mol. The number of aromatic carboxylic acids is 1. The van der Waals surface area contributed by atoms with Crippen molar-refractivity contribution in [2.24, 2.45) is 5.92 Å². The van der Waals surface area contributed by atoms with E-state index in [-0.39, 0.29) is 5.56 Å². The lowest BCUT2D eigenvalue weighted by Crippen LogP contribution is -2.09. The van der Waals surface area contributed by atoms with Crippen molar-refractivity contribution in [1.82, 2.24) is 0 Å². The van der Waals surface area contributed by atoms with Gasteiger partial charge in [-0.3, -0.25) is 0 Å². The Morgan fingerprint density at radius 3 is 2.50 bits per heavy atom. The molecule has 0 amide bonds. The van der Waals surface area contributed by atoms with Crippen LogP contribution in [-0.2, 0) is 6.18 Å². The minimum Gasteiger partial charge on any atom is -0.478 e. The first-order valence-corrected chi connectivity index (χ1v) is 7.44. The van der Waals surface area contributed by atoms with Crippen LogP contribution in [0.2, 0.25) is 0 Å². The highest BCUT2D eigenvalue weighted by Crippen LogP contribution is 2.35. The smallest absolute Gasteiger partial charge is 0.416 e. The summed E-state index contributed by atoms with van der Waals surface area (Å²) < 4.78 is 37.8. The van der Waals surface area contributed by atoms with Crippen LogP contribution in [-0.4, -0.2) is 16.8 Å². The first-order valence-electron chi connectivity index (χ1n) is 6.45. The monoisotopic (exact) mass is 304 g/mol. The normalized spacial score (nSPS) is 16.6. The Morgan fingerprint density at radius 1 is 1.30 bits per heavy atom. The van der Waals surface area contributed by atoms with Crippen LogP contribution in [0.3, 0.4) is 0 Å². The van der Waals surface area contributed by atoms with E-state index < -0.39 is 17.7 Å². The Bertz CT molecular complexity index is 494. The average Bonchev–Trinajstić information content (AvgIpc) is 2.88. The number of carboxylic acids is 1. The highest BCUT2D eigenvalue weighted by molar-refractivity contribution is 7.99. The van der Waals surface area contributed by atoms with Gasteiger partial charge in [-0.2, -0.15) is 13.2 Å². The molecule has 1 aromatic rings. The van der Waals surface area contributed by atoms with E-state index in [1.807, 2.05) is 0 Å². The number of hydrogen-bond acceptors (Lipinski definition) is 2. The second-order valence-electron chi connectivity index (χ2n) is 4.98. The maximum atomic E-state index is 12.6. The van der Waals surface area contributed by atoms with Gasteiger partial charge in [-0.15, -0.1) is 11.8 Å². The standard InChI is InChI=1S/C14H15F3O2S/c15-14(16,17)10-5-6-12(11(7-10)13(18)19)20-8-9-3-1-2-4-9/h5-7,9H,1-4,8H2,(H,18,19). The molecule has 110 valence electrons. The molecule has 0 bridgehead atoms. The molecular formula is C14H15F3O2S. The zero-order valence-electron chi connectivity index (χ0n) is 10.7. The van der Waals surface area contributed by atoms with Crippen molar-refractivity contribution in [2.75, 3.05) is 5.75 Å². The van der Waals surface area contributed by atoms with Crippen molar-refractivity contribution in [3.63, 3.8) is 0 Å². The van der Waals surface area contributed by atoms with Crippen molar-refractivity contribution < 1.29 is 23.1 Å². The first-order chi connectivity index (χ1) is 9.38. The minimum atomic E-state index is -4.52. The SMILES string of the molecule is O=C(O)c1cc(C(F)(F)F)ccc1SCC1CCCC1. The van der Waals surface area contributed by atoms with Crippen molar-refractivity contribution in [3.8, 4) is 0 Å². The van der Waals surface area contributed by atoms with Gasteiger partial charge in [0.25, 0.3) is 0 Å². The van der Waals surface area contributed by atoms with Crippen LogP contribution < -0.4 is 0 Å². The van der Waals surface area contributed by atoms with Gasteiger partial charge < -0.3 is 5.11 Å². The molecule has 0 aromatic heterocycles. The van der Waals surface area contributed by atoms with Crippen LogP contribution in [0.1, 0.15) is 41.6 Å². The number of halogens is 3. The fourth-order valence-corrected chi connectivity index (χ4v) is 3.60. The number of thioether (sulfide) groups is 1. The second-order valence-corrected chi connectivity index (χ2v) is 6.04. The summed E-state index contributed by atoms with van der Waals surface area (Å²) in [5, 5.41) is 9.07. The fraction of sp³-hybridized carbons (Fsp3) is 0.500. The van der Waals surface area contributed by atoms with Gasteiger partial charge in [-0.05, 0) is 37.0 Å². The highest BCUT2D eigenvalue weighted by atomic mass is 32.2. The van der Waals surface area contributed by atoms with Gasteiger partial charge in [-0.25, -0.2) is 4.79 Å². The Kier molecular flexibility index (Phi) is 4.62. The van der Waals surface area contributed by atoms with Crippen molar-refractivity contribution in [3.05, 3.63) is 29.3 Å². The number of carbonyl (C=O) groups is 1. The van der Waals surface area contributed by atoms with E-state index in [9.17, 15) is 18.0 Å². The predicted molar refractivity (Wildman–Crippen MR) is 71.1 cm³/mol. The number of rotatable bonds is 4. The van der Waals surface area contributed by atoms with Crippen LogP contribution in [0.5, 0.6) is 0 Å². The fourth-order valence-electron chi connectivity index (χ4n) is 2.38. The molecule has 1 N–H and O–H groups in total. The van der Waals surface area contributed by atoms with Gasteiger partial charge in [0.15, 0.2) is 0 Å². The summed E-state index contributed by atoms with van der Waals surface area (Å²) in [7, 11) is 0. The number of alkyl halides is 3. The third kappa shape index (κ3) is 3.69. The molecule has 2 nitrogen and oxygen atoms in total. The number of benzene rings is 1. The van der Waals surface area contributed by atoms with Crippen molar-refractivity contribution in [1.29, 1.82) is 0 Å². The molecule has 2 rings (SSSR count). The summed E-state index contributed by atoms with van der Waals surface area (Å²) >= 11 is 1.34. The summed E-state index contributed by atoms with van der Waals surface area (Å²) in [6.07, 6.45) is 0.0962. The number of hydrogen-bond donors (Lipinski definition) is 1. The molecule has 0 spiro atoms. The molecule has 0 unspecified atom stereocenters. The van der Waals surface area contributed by atoms with E-state index in [4.69, 9.17) is 5.11 Å². The van der Waals surface area contributed by atoms with Gasteiger partial charge in [-0.1, -0.05) is 12.8 Å². The summed E-state index contributed by atoms with van der Waals surface area (Å²) in [5.41, 5.74) is -1.18. The molecule has 0 heterocycles. The lowest BCUT2D eigenvalue weighted by Gasteiger charge is -2.13. The summed E-state index contributed by atoms with van der Waals surface area (Å²) in [5.74, 6) is 0.00000665. The second kappa shape index (κ2) is 6.08. The maximum Gasteiger partial charge on any atom is 0.416 e. The van der Waals surface area contributed by atoms with E-state index in [2.05, 4.69) is 0 Å². The van der Waals surface area contributed by atoms with Crippen LogP contribution in [0.15, 0.2) is 23.1 Å². The van der Waals surface area contributed by atoms with E-state index in [1.54, 1.807) is 0 Å². The van der Waals surface area contributed by atoms with Crippen LogP contribution >= 0.6 is 11.8 Å². The van der Waals surface area contributed by atoms with Gasteiger partial charge in [0.1, 0.15) is 0 Å². The molecule has 1 aliphatic rings. The molecule has 20 heavy (non-hydrogen) atoms. The predicted octanol–water partition coefficient (Wildman–Crippen LogP) is 4.69. The van der Waals surface area contributed by atoms with Gasteiger partial charge >= 0.3 is 12.1 Å². The number of carboxylic acid groups (broad SMARTS) is 1. The lowest BCUT2D eigenvalue weighted by atomic mass is 10.1. The molecule has 0 radical (unpaired) electrons. The lowest BCUT2D eigenvalue weighted by molar-refractivity contribution is -0.137. The zero-order valence-corrected chi connectivity index (χ0v) is 11.6. The largest absolute Gasteiger partial charge is 0.478 e. The highest BCUT2D eigenvalue weighted by Gasteiger charge is 2.32. The zero-order chi connectivity index (χ0) is 14.8. The minimum absolute atomic E-state index is 0.261. The van der Waals surface area contributed by atoms with Gasteiger partial charge in [0, 0.05) is 10.6 Å². The quantitative estimate of drug-likeness (QED) is 0.820. The first kappa shape index (κ1) is 15.2. The van der Waals surface area contributed by atoms with Crippen LogP contribution in [0, 0.1) is 5.92 Å². The molecule has 0 atom stereocenters. The van der Waals surface area contributed by atoms with Gasteiger partial charge in [0.05, 0.1) is 11.1 Å². The van der Waals surface area contributed by atoms with Crippen molar-refractivity contribution >= 4 is 17.7 Å². The summed E-state index contributed by atoms with van der Waals surface area (Å²) in [6.45, 7) is 0.